The molecule has 3 heteroatoms. The third-order valence-corrected chi connectivity index (χ3v) is 3.80. The van der Waals surface area contributed by atoms with Crippen molar-refractivity contribution in [1.82, 2.24) is 0 Å². The summed E-state index contributed by atoms with van der Waals surface area (Å²) < 4.78 is 10.9. The van der Waals surface area contributed by atoms with Crippen LogP contribution in [0.3, 0.4) is 0 Å². The minimum atomic E-state index is -0.233. The number of methoxy groups -OCH3 is 1. The molecular formula is C19H30O3. The lowest BCUT2D eigenvalue weighted by Crippen LogP contribution is -2.23. The molecule has 1 unspecified atom stereocenters. The first-order valence-corrected chi connectivity index (χ1v) is 8.36. The highest BCUT2D eigenvalue weighted by atomic mass is 16.6. The van der Waals surface area contributed by atoms with Gasteiger partial charge in [-0.05, 0) is 36.8 Å². The van der Waals surface area contributed by atoms with Gasteiger partial charge in [0.25, 0.3) is 0 Å². The summed E-state index contributed by atoms with van der Waals surface area (Å²) in [5.74, 6) is 0.489. The highest BCUT2D eigenvalue weighted by Crippen LogP contribution is 2.16. The minimum Gasteiger partial charge on any atom is -0.456 e. The lowest BCUT2D eigenvalue weighted by atomic mass is 10.0. The lowest BCUT2D eigenvalue weighted by Gasteiger charge is -2.18. The van der Waals surface area contributed by atoms with Crippen LogP contribution in [0.2, 0.25) is 0 Å². The highest BCUT2D eigenvalue weighted by molar-refractivity contribution is 5.91. The largest absolute Gasteiger partial charge is 0.456 e. The van der Waals surface area contributed by atoms with Gasteiger partial charge in [-0.3, -0.25) is 0 Å². The molecule has 1 rings (SSSR count). The van der Waals surface area contributed by atoms with E-state index < -0.39 is 0 Å². The fourth-order valence-corrected chi connectivity index (χ4v) is 2.53. The molecule has 0 fully saturated rings. The molecule has 0 radical (unpaired) electrons. The molecule has 0 aromatic heterocycles. The second-order valence-electron chi connectivity index (χ2n) is 6.17. The first-order chi connectivity index (χ1) is 10.6. The van der Waals surface area contributed by atoms with Crippen molar-refractivity contribution >= 4 is 5.97 Å². The molecule has 1 atom stereocenters. The minimum absolute atomic E-state index is 0.158. The highest BCUT2D eigenvalue weighted by Gasteiger charge is 2.17. The quantitative estimate of drug-likeness (QED) is 0.467. The van der Waals surface area contributed by atoms with E-state index in [4.69, 9.17) is 9.47 Å². The van der Waals surface area contributed by atoms with Crippen LogP contribution in [-0.4, -0.2) is 25.8 Å². The van der Waals surface area contributed by atoms with Crippen LogP contribution in [-0.2, 0) is 15.9 Å². The molecule has 0 aliphatic carbocycles. The van der Waals surface area contributed by atoms with Crippen LogP contribution in [0.15, 0.2) is 24.3 Å². The topological polar surface area (TPSA) is 35.5 Å². The summed E-state index contributed by atoms with van der Waals surface area (Å²) in [5.41, 5.74) is 1.71. The predicted octanol–water partition coefficient (Wildman–Crippen LogP) is 4.64. The molecule has 3 nitrogen and oxygen atoms in total. The van der Waals surface area contributed by atoms with Crippen LogP contribution < -0.4 is 0 Å². The van der Waals surface area contributed by atoms with Crippen LogP contribution in [0.5, 0.6) is 0 Å². The van der Waals surface area contributed by atoms with E-state index >= 15 is 0 Å². The van der Waals surface area contributed by atoms with E-state index in [1.54, 1.807) is 7.11 Å². The Kier molecular flexibility index (Phi) is 8.83. The summed E-state index contributed by atoms with van der Waals surface area (Å²) in [4.78, 5) is 12.4. The maximum atomic E-state index is 12.4. The number of unbranched alkanes of at least 4 members (excludes halogenated alkanes) is 1. The summed E-state index contributed by atoms with van der Waals surface area (Å²) >= 11 is 0. The molecule has 22 heavy (non-hydrogen) atoms. The normalized spacial score (nSPS) is 12.4. The summed E-state index contributed by atoms with van der Waals surface area (Å²) in [7, 11) is 1.65. The zero-order valence-electron chi connectivity index (χ0n) is 14.4. The van der Waals surface area contributed by atoms with Gasteiger partial charge in [0.2, 0.25) is 0 Å². The molecule has 0 saturated carbocycles. The van der Waals surface area contributed by atoms with Crippen LogP contribution in [0, 0.1) is 5.92 Å². The Morgan fingerprint density at radius 2 is 1.82 bits per heavy atom. The Labute approximate surface area is 135 Å². The van der Waals surface area contributed by atoms with Crippen molar-refractivity contribution in [2.45, 2.75) is 59.0 Å². The van der Waals surface area contributed by atoms with Gasteiger partial charge in [-0.15, -0.1) is 0 Å². The third-order valence-electron chi connectivity index (χ3n) is 3.80. The Bertz CT molecular complexity index is 440. The number of aryl methyl sites for hydroxylation is 1. The average Bonchev–Trinajstić information content (AvgIpc) is 2.51. The summed E-state index contributed by atoms with van der Waals surface area (Å²) in [5, 5.41) is 0. The van der Waals surface area contributed by atoms with Crippen molar-refractivity contribution in [2.24, 2.45) is 5.92 Å². The van der Waals surface area contributed by atoms with Crippen LogP contribution in [0.4, 0.5) is 0 Å². The number of hydrogen-bond donors (Lipinski definition) is 0. The van der Waals surface area contributed by atoms with Crippen molar-refractivity contribution < 1.29 is 14.3 Å². The molecule has 0 aliphatic rings. The van der Waals surface area contributed by atoms with E-state index in [0.717, 1.165) is 30.7 Å². The van der Waals surface area contributed by atoms with Gasteiger partial charge in [0.05, 0.1) is 12.2 Å². The molecule has 0 bridgehead atoms. The van der Waals surface area contributed by atoms with E-state index in [2.05, 4.69) is 13.8 Å². The van der Waals surface area contributed by atoms with E-state index in [-0.39, 0.29) is 12.1 Å². The van der Waals surface area contributed by atoms with Crippen molar-refractivity contribution in [2.75, 3.05) is 13.7 Å². The number of esters is 1. The maximum absolute atomic E-state index is 12.4. The van der Waals surface area contributed by atoms with E-state index in [0.29, 0.717) is 12.2 Å². The van der Waals surface area contributed by atoms with Gasteiger partial charge in [0.15, 0.2) is 0 Å². The number of hydrogen-bond acceptors (Lipinski definition) is 3. The van der Waals surface area contributed by atoms with Gasteiger partial charge in [-0.25, -0.2) is 4.79 Å². The monoisotopic (exact) mass is 306 g/mol. The number of benzene rings is 1. The maximum Gasteiger partial charge on any atom is 0.338 e. The smallest absolute Gasteiger partial charge is 0.338 e. The number of ether oxygens (including phenoxy) is 2. The van der Waals surface area contributed by atoms with Crippen molar-refractivity contribution in [1.29, 1.82) is 0 Å². The molecule has 0 saturated heterocycles. The van der Waals surface area contributed by atoms with Gasteiger partial charge >= 0.3 is 5.97 Å². The third kappa shape index (κ3) is 6.61. The second kappa shape index (κ2) is 10.4. The number of carbonyl (C=O) groups is 1. The van der Waals surface area contributed by atoms with Crippen molar-refractivity contribution in [3.8, 4) is 0 Å². The molecule has 0 heterocycles. The first-order valence-electron chi connectivity index (χ1n) is 8.36. The van der Waals surface area contributed by atoms with Crippen LogP contribution >= 0.6 is 0 Å². The fraction of sp³-hybridized carbons (Fsp3) is 0.632. The molecule has 0 spiro atoms. The molecule has 1 aromatic rings. The SMILES string of the molecule is CCc1ccccc1C(=O)OC(CCCCC(C)C)COC. The lowest BCUT2D eigenvalue weighted by molar-refractivity contribution is 0.00222. The van der Waals surface area contributed by atoms with Crippen LogP contribution in [0.25, 0.3) is 0 Å². The first kappa shape index (κ1) is 18.7. The molecule has 0 N–H and O–H groups in total. The van der Waals surface area contributed by atoms with Gasteiger partial charge in [0, 0.05) is 7.11 Å². The Balaban J connectivity index is 2.56. The molecule has 0 aliphatic heterocycles. The van der Waals surface area contributed by atoms with Gasteiger partial charge in [0.1, 0.15) is 6.10 Å². The number of rotatable bonds is 10. The molecule has 1 aromatic carbocycles. The molecule has 0 amide bonds. The van der Waals surface area contributed by atoms with E-state index in [1.165, 1.54) is 12.8 Å². The standard InChI is InChI=1S/C19H30O3/c1-5-16-11-7-9-13-18(16)19(20)22-17(14-21-4)12-8-6-10-15(2)3/h7,9,11,13,15,17H,5-6,8,10,12,14H2,1-4H3. The van der Waals surface area contributed by atoms with E-state index in [1.807, 2.05) is 31.2 Å². The average molecular weight is 306 g/mol. The Morgan fingerprint density at radius 3 is 2.45 bits per heavy atom. The Hall–Kier alpha value is -1.35. The zero-order chi connectivity index (χ0) is 16.4. The van der Waals surface area contributed by atoms with Gasteiger partial charge in [-0.2, -0.15) is 0 Å². The summed E-state index contributed by atoms with van der Waals surface area (Å²) in [6.07, 6.45) is 4.98. The van der Waals surface area contributed by atoms with Gasteiger partial charge in [-0.1, -0.05) is 51.8 Å². The molecular weight excluding hydrogens is 276 g/mol. The van der Waals surface area contributed by atoms with Gasteiger partial charge < -0.3 is 9.47 Å². The fourth-order valence-electron chi connectivity index (χ4n) is 2.53. The zero-order valence-corrected chi connectivity index (χ0v) is 14.4. The molecule has 124 valence electrons. The van der Waals surface area contributed by atoms with Crippen molar-refractivity contribution in [3.63, 3.8) is 0 Å². The number of carbonyl (C=O) groups excluding carboxylic acids is 1. The predicted molar refractivity (Wildman–Crippen MR) is 90.2 cm³/mol. The second-order valence-corrected chi connectivity index (χ2v) is 6.17. The summed E-state index contributed by atoms with van der Waals surface area (Å²) in [6, 6.07) is 7.65. The summed E-state index contributed by atoms with van der Waals surface area (Å²) in [6.45, 7) is 6.97. The van der Waals surface area contributed by atoms with E-state index in [9.17, 15) is 4.79 Å². The van der Waals surface area contributed by atoms with Crippen molar-refractivity contribution in [3.05, 3.63) is 35.4 Å². The van der Waals surface area contributed by atoms with Crippen LogP contribution in [0.1, 0.15) is 62.4 Å². The Morgan fingerprint density at radius 1 is 1.14 bits per heavy atom.